The standard InChI is InChI=1S/C13H17N5O3/c1-13(2,3)17-8-9(15-16-17)7-14-11-5-4-10(19)6-12(11)18(20)21/h4-6,8,14,19H,7H2,1-3H3. The smallest absolute Gasteiger partial charge is 0.296 e. The van der Waals surface area contributed by atoms with Gasteiger partial charge in [-0.2, -0.15) is 0 Å². The Balaban J connectivity index is 2.13. The molecule has 2 N–H and O–H groups in total. The van der Waals surface area contributed by atoms with Gasteiger partial charge in [0.05, 0.1) is 29.3 Å². The summed E-state index contributed by atoms with van der Waals surface area (Å²) in [7, 11) is 0. The molecule has 8 heteroatoms. The number of phenolic OH excluding ortho intramolecular Hbond substituents is 1. The van der Waals surface area contributed by atoms with E-state index in [4.69, 9.17) is 0 Å². The van der Waals surface area contributed by atoms with Crippen LogP contribution in [0.4, 0.5) is 11.4 Å². The molecule has 2 rings (SSSR count). The maximum absolute atomic E-state index is 10.9. The SMILES string of the molecule is CC(C)(C)n1cc(CNc2ccc(O)cc2[N+](=O)[O-])nn1. The third kappa shape index (κ3) is 3.47. The first kappa shape index (κ1) is 14.8. The lowest BCUT2D eigenvalue weighted by atomic mass is 10.1. The van der Waals surface area contributed by atoms with Gasteiger partial charge in [-0.15, -0.1) is 5.10 Å². The topological polar surface area (TPSA) is 106 Å². The van der Waals surface area contributed by atoms with E-state index in [1.54, 1.807) is 10.9 Å². The Labute approximate surface area is 121 Å². The highest BCUT2D eigenvalue weighted by molar-refractivity contribution is 5.63. The Morgan fingerprint density at radius 2 is 2.14 bits per heavy atom. The van der Waals surface area contributed by atoms with Gasteiger partial charge < -0.3 is 10.4 Å². The highest BCUT2D eigenvalue weighted by atomic mass is 16.6. The van der Waals surface area contributed by atoms with Crippen LogP contribution in [0.3, 0.4) is 0 Å². The predicted octanol–water partition coefficient (Wildman–Crippen LogP) is 2.26. The van der Waals surface area contributed by atoms with Crippen LogP contribution in [0.25, 0.3) is 0 Å². The Morgan fingerprint density at radius 1 is 1.43 bits per heavy atom. The second-order valence-electron chi connectivity index (χ2n) is 5.64. The molecule has 0 spiro atoms. The molecule has 1 aromatic carbocycles. The van der Waals surface area contributed by atoms with Crippen LogP contribution in [0.5, 0.6) is 5.75 Å². The van der Waals surface area contributed by atoms with Gasteiger partial charge >= 0.3 is 0 Å². The molecule has 0 aliphatic carbocycles. The number of phenols is 1. The van der Waals surface area contributed by atoms with E-state index < -0.39 is 4.92 Å². The largest absolute Gasteiger partial charge is 0.508 e. The van der Waals surface area contributed by atoms with Crippen LogP contribution in [0, 0.1) is 10.1 Å². The van der Waals surface area contributed by atoms with Crippen molar-refractivity contribution >= 4 is 11.4 Å². The average Bonchev–Trinajstić information content (AvgIpc) is 2.85. The van der Waals surface area contributed by atoms with Crippen molar-refractivity contribution in [3.63, 3.8) is 0 Å². The van der Waals surface area contributed by atoms with E-state index in [1.165, 1.54) is 12.1 Å². The van der Waals surface area contributed by atoms with Gasteiger partial charge in [-0.3, -0.25) is 10.1 Å². The first-order valence-corrected chi connectivity index (χ1v) is 6.40. The van der Waals surface area contributed by atoms with Gasteiger partial charge in [-0.1, -0.05) is 5.21 Å². The van der Waals surface area contributed by atoms with Gasteiger partial charge in [0.1, 0.15) is 17.1 Å². The highest BCUT2D eigenvalue weighted by Gasteiger charge is 2.17. The molecule has 0 bridgehead atoms. The predicted molar refractivity (Wildman–Crippen MR) is 77.1 cm³/mol. The molecule has 0 aliphatic heterocycles. The lowest BCUT2D eigenvalue weighted by molar-refractivity contribution is -0.384. The Morgan fingerprint density at radius 3 is 2.71 bits per heavy atom. The van der Waals surface area contributed by atoms with Crippen LogP contribution in [0.2, 0.25) is 0 Å². The first-order valence-electron chi connectivity index (χ1n) is 6.40. The Hall–Kier alpha value is -2.64. The van der Waals surface area contributed by atoms with Gasteiger partial charge in [0.2, 0.25) is 0 Å². The summed E-state index contributed by atoms with van der Waals surface area (Å²) in [6, 6.07) is 3.96. The fourth-order valence-electron chi connectivity index (χ4n) is 1.71. The lowest BCUT2D eigenvalue weighted by Crippen LogP contribution is -2.22. The normalized spacial score (nSPS) is 11.4. The molecule has 0 atom stereocenters. The van der Waals surface area contributed by atoms with Crippen molar-refractivity contribution in [1.29, 1.82) is 0 Å². The molecule has 112 valence electrons. The zero-order valence-corrected chi connectivity index (χ0v) is 12.1. The fraction of sp³-hybridized carbons (Fsp3) is 0.385. The van der Waals surface area contributed by atoms with E-state index in [0.717, 1.165) is 6.07 Å². The van der Waals surface area contributed by atoms with Crippen LogP contribution in [0.1, 0.15) is 26.5 Å². The summed E-state index contributed by atoms with van der Waals surface area (Å²) >= 11 is 0. The quantitative estimate of drug-likeness (QED) is 0.508. The number of nitrogens with zero attached hydrogens (tertiary/aromatic N) is 4. The molecule has 1 heterocycles. The number of nitrogens with one attached hydrogen (secondary N) is 1. The van der Waals surface area contributed by atoms with Crippen molar-refractivity contribution in [3.8, 4) is 5.75 Å². The number of rotatable bonds is 4. The number of nitro groups is 1. The average molecular weight is 291 g/mol. The van der Waals surface area contributed by atoms with Gasteiger partial charge in [0, 0.05) is 0 Å². The minimum absolute atomic E-state index is 0.147. The summed E-state index contributed by atoms with van der Waals surface area (Å²) in [6.07, 6.45) is 1.79. The van der Waals surface area contributed by atoms with Gasteiger partial charge in [0.25, 0.3) is 5.69 Å². The Kier molecular flexibility index (Phi) is 3.79. The molecule has 0 amide bonds. The molecule has 0 saturated carbocycles. The molecule has 0 radical (unpaired) electrons. The first-order chi connectivity index (χ1) is 9.77. The van der Waals surface area contributed by atoms with Crippen LogP contribution in [-0.4, -0.2) is 25.0 Å². The van der Waals surface area contributed by atoms with E-state index >= 15 is 0 Å². The summed E-state index contributed by atoms with van der Waals surface area (Å²) in [4.78, 5) is 10.4. The highest BCUT2D eigenvalue weighted by Crippen LogP contribution is 2.28. The van der Waals surface area contributed by atoms with Crippen LogP contribution in [0.15, 0.2) is 24.4 Å². The minimum atomic E-state index is -0.548. The number of anilines is 1. The van der Waals surface area contributed by atoms with Crippen LogP contribution >= 0.6 is 0 Å². The summed E-state index contributed by atoms with van der Waals surface area (Å²) in [6.45, 7) is 6.32. The molecule has 0 aliphatic rings. The molecular weight excluding hydrogens is 274 g/mol. The molecule has 0 unspecified atom stereocenters. The van der Waals surface area contributed by atoms with Gasteiger partial charge in [-0.05, 0) is 32.9 Å². The number of hydrogen-bond donors (Lipinski definition) is 2. The molecule has 0 saturated heterocycles. The second kappa shape index (κ2) is 5.39. The molecule has 1 aromatic heterocycles. The number of benzene rings is 1. The van der Waals surface area contributed by atoms with Crippen molar-refractivity contribution in [3.05, 3.63) is 40.2 Å². The third-order valence-electron chi connectivity index (χ3n) is 2.87. The number of hydrogen-bond acceptors (Lipinski definition) is 6. The maximum Gasteiger partial charge on any atom is 0.296 e. The summed E-state index contributed by atoms with van der Waals surface area (Å²) < 4.78 is 1.73. The Bertz CT molecular complexity index is 660. The van der Waals surface area contributed by atoms with Crippen molar-refractivity contribution < 1.29 is 10.0 Å². The van der Waals surface area contributed by atoms with Crippen LogP contribution < -0.4 is 5.32 Å². The zero-order valence-electron chi connectivity index (χ0n) is 12.1. The van der Waals surface area contributed by atoms with Crippen molar-refractivity contribution in [2.45, 2.75) is 32.9 Å². The maximum atomic E-state index is 10.9. The summed E-state index contributed by atoms with van der Waals surface area (Å²) in [5.74, 6) is -0.147. The second-order valence-corrected chi connectivity index (χ2v) is 5.64. The van der Waals surface area contributed by atoms with Crippen LogP contribution in [-0.2, 0) is 12.1 Å². The lowest BCUT2D eigenvalue weighted by Gasteiger charge is -2.17. The molecular formula is C13H17N5O3. The number of nitro benzene ring substituents is 1. The molecule has 21 heavy (non-hydrogen) atoms. The number of aromatic hydroxyl groups is 1. The van der Waals surface area contributed by atoms with Crippen molar-refractivity contribution in [1.82, 2.24) is 15.0 Å². The fourth-order valence-corrected chi connectivity index (χ4v) is 1.71. The monoisotopic (exact) mass is 291 g/mol. The van der Waals surface area contributed by atoms with Gasteiger partial charge in [-0.25, -0.2) is 4.68 Å². The van der Waals surface area contributed by atoms with E-state index in [1.807, 2.05) is 20.8 Å². The summed E-state index contributed by atoms with van der Waals surface area (Å²) in [5.41, 5.74) is 0.643. The van der Waals surface area contributed by atoms with E-state index in [-0.39, 0.29) is 17.0 Å². The third-order valence-corrected chi connectivity index (χ3v) is 2.87. The van der Waals surface area contributed by atoms with E-state index in [2.05, 4.69) is 15.6 Å². The zero-order chi connectivity index (χ0) is 15.6. The minimum Gasteiger partial charge on any atom is -0.508 e. The molecule has 8 nitrogen and oxygen atoms in total. The van der Waals surface area contributed by atoms with Crippen molar-refractivity contribution in [2.24, 2.45) is 0 Å². The summed E-state index contributed by atoms with van der Waals surface area (Å²) in [5, 5.41) is 31.2. The van der Waals surface area contributed by atoms with E-state index in [0.29, 0.717) is 17.9 Å². The number of aromatic nitrogens is 3. The molecule has 0 fully saturated rings. The van der Waals surface area contributed by atoms with Crippen molar-refractivity contribution in [2.75, 3.05) is 5.32 Å². The van der Waals surface area contributed by atoms with Gasteiger partial charge in [0.15, 0.2) is 0 Å². The molecule has 2 aromatic rings. The van der Waals surface area contributed by atoms with E-state index in [9.17, 15) is 15.2 Å².